The maximum atomic E-state index is 12.0. The van der Waals surface area contributed by atoms with Gasteiger partial charge in [0.2, 0.25) is 10.0 Å². The fourth-order valence-corrected chi connectivity index (χ4v) is 3.87. The third-order valence-corrected chi connectivity index (χ3v) is 5.38. The number of nitrogens with one attached hydrogen (secondary N) is 1. The number of thiocarbonyl (C=S) groups is 1. The van der Waals surface area contributed by atoms with Gasteiger partial charge in [-0.05, 0) is 25.7 Å². The molecule has 0 aromatic carbocycles. The molecule has 102 valence electrons. The fraction of sp³-hybridized carbons (Fsp3) is 0.909. The summed E-state index contributed by atoms with van der Waals surface area (Å²) in [4.78, 5) is 0.0377. The number of nitrogens with two attached hydrogens (primary N) is 1. The summed E-state index contributed by atoms with van der Waals surface area (Å²) in [6.45, 7) is 7.84. The molecule has 0 rings (SSSR count). The third-order valence-electron chi connectivity index (χ3n) is 2.88. The lowest BCUT2D eigenvalue weighted by Crippen LogP contribution is -2.45. The predicted octanol–water partition coefficient (Wildman–Crippen LogP) is 1.80. The average molecular weight is 280 g/mol. The molecule has 0 aliphatic carbocycles. The van der Waals surface area contributed by atoms with Crippen molar-refractivity contribution in [2.45, 2.75) is 58.2 Å². The van der Waals surface area contributed by atoms with Crippen molar-refractivity contribution >= 4 is 27.2 Å². The molecule has 0 aliphatic rings. The van der Waals surface area contributed by atoms with Crippen LogP contribution in [0.1, 0.15) is 47.0 Å². The molecule has 0 bridgehead atoms. The summed E-state index contributed by atoms with van der Waals surface area (Å²) in [7, 11) is -3.44. The summed E-state index contributed by atoms with van der Waals surface area (Å²) in [6, 6.07) is -0.0849. The summed E-state index contributed by atoms with van der Waals surface area (Å²) in [5, 5.41) is -0.767. The van der Waals surface area contributed by atoms with Gasteiger partial charge in [-0.2, -0.15) is 0 Å². The minimum absolute atomic E-state index is 0.0377. The van der Waals surface area contributed by atoms with E-state index in [0.717, 1.165) is 12.8 Å². The molecule has 3 atom stereocenters. The van der Waals surface area contributed by atoms with Gasteiger partial charge in [-0.3, -0.25) is 0 Å². The highest BCUT2D eigenvalue weighted by atomic mass is 32.2. The molecule has 0 aromatic heterocycles. The zero-order chi connectivity index (χ0) is 13.6. The van der Waals surface area contributed by atoms with Crippen molar-refractivity contribution in [3.63, 3.8) is 0 Å². The van der Waals surface area contributed by atoms with Crippen LogP contribution in [0.25, 0.3) is 0 Å². The van der Waals surface area contributed by atoms with Gasteiger partial charge in [0.05, 0.1) is 4.99 Å². The standard InChI is InChI=1S/C11H24N2O2S2/c1-5-8(3)7-9(4)13-17(14,15)10(6-2)11(12)16/h8-10,13H,5-7H2,1-4H3,(H2,12,16). The second-order valence-electron chi connectivity index (χ2n) is 4.61. The molecule has 0 heterocycles. The average Bonchev–Trinajstić information content (AvgIpc) is 2.15. The smallest absolute Gasteiger partial charge is 0.221 e. The summed E-state index contributed by atoms with van der Waals surface area (Å²) >= 11 is 4.79. The first-order chi connectivity index (χ1) is 7.74. The molecule has 0 saturated heterocycles. The van der Waals surface area contributed by atoms with Gasteiger partial charge >= 0.3 is 0 Å². The lowest BCUT2D eigenvalue weighted by molar-refractivity contribution is 0.444. The van der Waals surface area contributed by atoms with Gasteiger partial charge in [0.1, 0.15) is 5.25 Å². The van der Waals surface area contributed by atoms with Crippen molar-refractivity contribution in [3.8, 4) is 0 Å². The van der Waals surface area contributed by atoms with Crippen LogP contribution in [0, 0.1) is 5.92 Å². The zero-order valence-corrected chi connectivity index (χ0v) is 12.7. The minimum Gasteiger partial charge on any atom is -0.392 e. The first-order valence-corrected chi connectivity index (χ1v) is 8.00. The van der Waals surface area contributed by atoms with E-state index in [0.29, 0.717) is 12.3 Å². The zero-order valence-electron chi connectivity index (χ0n) is 11.1. The Kier molecular flexibility index (Phi) is 7.20. The van der Waals surface area contributed by atoms with Crippen LogP contribution in [0.3, 0.4) is 0 Å². The minimum atomic E-state index is -3.44. The van der Waals surface area contributed by atoms with E-state index in [4.69, 9.17) is 18.0 Å². The van der Waals surface area contributed by atoms with Gasteiger partial charge in [0.25, 0.3) is 0 Å². The molecule has 3 N–H and O–H groups in total. The van der Waals surface area contributed by atoms with E-state index in [-0.39, 0.29) is 11.0 Å². The van der Waals surface area contributed by atoms with E-state index < -0.39 is 15.3 Å². The molecule has 4 nitrogen and oxygen atoms in total. The fourth-order valence-electron chi connectivity index (χ4n) is 1.75. The molecule has 17 heavy (non-hydrogen) atoms. The van der Waals surface area contributed by atoms with Crippen LogP contribution in [0.15, 0.2) is 0 Å². The van der Waals surface area contributed by atoms with Crippen LogP contribution < -0.4 is 10.5 Å². The van der Waals surface area contributed by atoms with Crippen molar-refractivity contribution in [1.82, 2.24) is 4.72 Å². The number of hydrogen-bond acceptors (Lipinski definition) is 3. The lowest BCUT2D eigenvalue weighted by atomic mass is 10.0. The molecule has 6 heteroatoms. The first-order valence-electron chi connectivity index (χ1n) is 6.05. The van der Waals surface area contributed by atoms with Crippen LogP contribution in [0.2, 0.25) is 0 Å². The van der Waals surface area contributed by atoms with Crippen molar-refractivity contribution in [2.75, 3.05) is 0 Å². The van der Waals surface area contributed by atoms with E-state index in [1.54, 1.807) is 6.92 Å². The van der Waals surface area contributed by atoms with Gasteiger partial charge in [0, 0.05) is 6.04 Å². The Morgan fingerprint density at radius 1 is 1.29 bits per heavy atom. The topological polar surface area (TPSA) is 72.2 Å². The predicted molar refractivity (Wildman–Crippen MR) is 76.5 cm³/mol. The van der Waals surface area contributed by atoms with Crippen molar-refractivity contribution < 1.29 is 8.42 Å². The van der Waals surface area contributed by atoms with Crippen molar-refractivity contribution in [1.29, 1.82) is 0 Å². The Hall–Kier alpha value is -0.200. The highest BCUT2D eigenvalue weighted by Gasteiger charge is 2.27. The van der Waals surface area contributed by atoms with Crippen LogP contribution in [0.4, 0.5) is 0 Å². The van der Waals surface area contributed by atoms with Crippen LogP contribution in [-0.2, 0) is 10.0 Å². The molecule has 3 unspecified atom stereocenters. The Balaban J connectivity index is 4.58. The van der Waals surface area contributed by atoms with Gasteiger partial charge in [-0.25, -0.2) is 13.1 Å². The Labute approximate surface area is 110 Å². The monoisotopic (exact) mass is 280 g/mol. The number of hydrogen-bond donors (Lipinski definition) is 2. The summed E-state index contributed by atoms with van der Waals surface area (Å²) in [5.74, 6) is 0.498. The molecular weight excluding hydrogens is 256 g/mol. The SMILES string of the molecule is CCC(C)CC(C)NS(=O)(=O)C(CC)C(N)=S. The molecule has 0 aliphatic heterocycles. The molecule has 0 radical (unpaired) electrons. The van der Waals surface area contributed by atoms with Crippen molar-refractivity contribution in [3.05, 3.63) is 0 Å². The maximum absolute atomic E-state index is 12.0. The summed E-state index contributed by atoms with van der Waals surface area (Å²) < 4.78 is 26.7. The largest absolute Gasteiger partial charge is 0.392 e. The van der Waals surface area contributed by atoms with Crippen LogP contribution >= 0.6 is 12.2 Å². The van der Waals surface area contributed by atoms with Gasteiger partial charge in [-0.1, -0.05) is 39.4 Å². The quantitative estimate of drug-likeness (QED) is 0.665. The second-order valence-corrected chi connectivity index (χ2v) is 6.98. The summed E-state index contributed by atoms with van der Waals surface area (Å²) in [5.41, 5.74) is 5.45. The molecule has 0 aromatic rings. The lowest BCUT2D eigenvalue weighted by Gasteiger charge is -2.21. The van der Waals surface area contributed by atoms with E-state index in [1.165, 1.54) is 0 Å². The summed E-state index contributed by atoms with van der Waals surface area (Å²) in [6.07, 6.45) is 2.27. The van der Waals surface area contributed by atoms with E-state index in [1.807, 2.05) is 6.92 Å². The van der Waals surface area contributed by atoms with Crippen molar-refractivity contribution in [2.24, 2.45) is 11.7 Å². The van der Waals surface area contributed by atoms with E-state index in [9.17, 15) is 8.42 Å². The Bertz CT molecular complexity index is 341. The Morgan fingerprint density at radius 3 is 2.18 bits per heavy atom. The number of rotatable bonds is 8. The van der Waals surface area contributed by atoms with Crippen LogP contribution in [-0.4, -0.2) is 24.7 Å². The maximum Gasteiger partial charge on any atom is 0.221 e. The third kappa shape index (κ3) is 5.79. The highest BCUT2D eigenvalue weighted by Crippen LogP contribution is 2.12. The van der Waals surface area contributed by atoms with E-state index in [2.05, 4.69) is 18.6 Å². The molecular formula is C11H24N2O2S2. The van der Waals surface area contributed by atoms with Gasteiger partial charge in [0.15, 0.2) is 0 Å². The van der Waals surface area contributed by atoms with Gasteiger partial charge in [-0.15, -0.1) is 0 Å². The Morgan fingerprint density at radius 2 is 1.82 bits per heavy atom. The molecule has 0 amide bonds. The van der Waals surface area contributed by atoms with Crippen LogP contribution in [0.5, 0.6) is 0 Å². The molecule has 0 fully saturated rings. The highest BCUT2D eigenvalue weighted by molar-refractivity contribution is 7.93. The number of sulfonamides is 1. The second kappa shape index (κ2) is 7.28. The molecule has 0 saturated carbocycles. The van der Waals surface area contributed by atoms with Gasteiger partial charge < -0.3 is 5.73 Å². The first kappa shape index (κ1) is 16.8. The normalized spacial score (nSPS) is 17.4. The molecule has 0 spiro atoms. The van der Waals surface area contributed by atoms with E-state index >= 15 is 0 Å².